The van der Waals surface area contributed by atoms with E-state index in [0.29, 0.717) is 13.2 Å². The van der Waals surface area contributed by atoms with Crippen LogP contribution in [0, 0.1) is 0 Å². The van der Waals surface area contributed by atoms with Gasteiger partial charge in [-0.3, -0.25) is 0 Å². The molecule has 0 unspecified atom stereocenters. The van der Waals surface area contributed by atoms with Crippen LogP contribution in [0.3, 0.4) is 0 Å². The van der Waals surface area contributed by atoms with Gasteiger partial charge in [-0.1, -0.05) is 51.0 Å². The Balaban J connectivity index is 1.20. The molecule has 0 N–H and O–H groups in total. The molecule has 2 aliphatic rings. The van der Waals surface area contributed by atoms with E-state index in [9.17, 15) is 9.59 Å². The third-order valence-electron chi connectivity index (χ3n) is 6.61. The van der Waals surface area contributed by atoms with E-state index in [1.165, 1.54) is 12.2 Å². The van der Waals surface area contributed by atoms with Gasteiger partial charge in [-0.25, -0.2) is 9.59 Å². The van der Waals surface area contributed by atoms with Crippen molar-refractivity contribution in [2.45, 2.75) is 63.9 Å². The Kier molecular flexibility index (Phi) is 11.2. The van der Waals surface area contributed by atoms with Crippen LogP contribution >= 0.6 is 0 Å². The highest BCUT2D eigenvalue weighted by atomic mass is 16.7. The second-order valence-electron chi connectivity index (χ2n) is 9.76. The van der Waals surface area contributed by atoms with Crippen LogP contribution in [0.25, 0.3) is 12.2 Å². The molecule has 8 heteroatoms. The zero-order valence-electron chi connectivity index (χ0n) is 23.2. The van der Waals surface area contributed by atoms with Crippen molar-refractivity contribution in [2.24, 2.45) is 0 Å². The molecule has 2 aromatic carbocycles. The van der Waals surface area contributed by atoms with E-state index in [-0.39, 0.29) is 13.2 Å². The predicted octanol–water partition coefficient (Wildman–Crippen LogP) is 5.39. The van der Waals surface area contributed by atoms with E-state index in [1.807, 2.05) is 48.5 Å². The number of rotatable bonds is 14. The molecule has 0 saturated carbocycles. The molecule has 4 rings (SSSR count). The summed E-state index contributed by atoms with van der Waals surface area (Å²) >= 11 is 0. The molecule has 0 aliphatic carbocycles. The Hall–Kier alpha value is -3.62. The second-order valence-corrected chi connectivity index (χ2v) is 9.76. The van der Waals surface area contributed by atoms with Gasteiger partial charge in [0, 0.05) is 12.2 Å². The lowest BCUT2D eigenvalue weighted by Gasteiger charge is -2.16. The molecule has 2 fully saturated rings. The third kappa shape index (κ3) is 8.69. The van der Waals surface area contributed by atoms with Gasteiger partial charge in [-0.15, -0.1) is 0 Å². The number of unbranched alkanes of at least 4 members (excludes halogenated alkanes) is 2. The molecule has 2 heterocycles. The Bertz CT molecular complexity index is 1050. The smallest absolute Gasteiger partial charge is 0.331 e. The molecule has 2 aromatic rings. The number of ether oxygens (including phenoxy) is 6. The lowest BCUT2D eigenvalue weighted by Crippen LogP contribution is -2.35. The molecule has 0 aromatic heterocycles. The molecule has 2 saturated heterocycles. The van der Waals surface area contributed by atoms with Crippen LogP contribution in [0.15, 0.2) is 60.7 Å². The first kappa shape index (κ1) is 29.4. The normalized spacial score (nSPS) is 21.9. The van der Waals surface area contributed by atoms with Gasteiger partial charge in [-0.05, 0) is 60.4 Å². The fourth-order valence-electron chi connectivity index (χ4n) is 4.36. The van der Waals surface area contributed by atoms with Crippen LogP contribution in [0.1, 0.15) is 50.7 Å². The molecule has 0 radical (unpaired) electrons. The Morgan fingerprint density at radius 1 is 0.700 bits per heavy atom. The topological polar surface area (TPSA) is 89.5 Å². The summed E-state index contributed by atoms with van der Waals surface area (Å²) in [6.07, 6.45) is 8.18. The van der Waals surface area contributed by atoms with Crippen LogP contribution in [0.5, 0.6) is 11.5 Å². The van der Waals surface area contributed by atoms with Gasteiger partial charge < -0.3 is 28.4 Å². The largest absolute Gasteiger partial charge is 0.494 e. The SMILES string of the molecule is CCCCOc1ccc(/C=C/C(=O)O[C@@H]2CO[C@H]3[C@@H]2OC[C@H]3OC(=O)/C=C/c2ccc(OCCCC)cc2)cc1. The maximum atomic E-state index is 12.4. The fraction of sp³-hybridized carbons (Fsp3) is 0.438. The Labute approximate surface area is 235 Å². The van der Waals surface area contributed by atoms with Crippen molar-refractivity contribution in [2.75, 3.05) is 26.4 Å². The van der Waals surface area contributed by atoms with Crippen molar-refractivity contribution >= 4 is 24.1 Å². The van der Waals surface area contributed by atoms with Crippen LogP contribution in [-0.2, 0) is 28.5 Å². The summed E-state index contributed by atoms with van der Waals surface area (Å²) in [6, 6.07) is 15.0. The van der Waals surface area contributed by atoms with Crippen LogP contribution < -0.4 is 9.47 Å². The van der Waals surface area contributed by atoms with Gasteiger partial charge in [0.05, 0.1) is 26.4 Å². The van der Waals surface area contributed by atoms with Crippen molar-refractivity contribution in [3.8, 4) is 11.5 Å². The number of hydrogen-bond acceptors (Lipinski definition) is 8. The molecule has 0 bridgehead atoms. The van der Waals surface area contributed by atoms with Crippen molar-refractivity contribution in [3.05, 3.63) is 71.8 Å². The first-order valence-corrected chi connectivity index (χ1v) is 14.0. The highest BCUT2D eigenvalue weighted by Gasteiger charge is 2.51. The summed E-state index contributed by atoms with van der Waals surface area (Å²) in [4.78, 5) is 24.8. The van der Waals surface area contributed by atoms with E-state index in [0.717, 1.165) is 48.3 Å². The summed E-state index contributed by atoms with van der Waals surface area (Å²) in [5, 5.41) is 0. The second kappa shape index (κ2) is 15.2. The first-order valence-electron chi connectivity index (χ1n) is 14.0. The van der Waals surface area contributed by atoms with Crippen molar-refractivity contribution in [1.29, 1.82) is 0 Å². The molecule has 214 valence electrons. The minimum absolute atomic E-state index is 0.176. The Morgan fingerprint density at radius 3 is 1.48 bits per heavy atom. The molecular formula is C32H38O8. The lowest BCUT2D eigenvalue weighted by atomic mass is 10.1. The zero-order valence-corrected chi connectivity index (χ0v) is 23.2. The maximum absolute atomic E-state index is 12.4. The molecule has 8 nitrogen and oxygen atoms in total. The summed E-state index contributed by atoms with van der Waals surface area (Å²) in [5.41, 5.74) is 1.71. The zero-order chi connectivity index (χ0) is 28.2. The Morgan fingerprint density at radius 2 is 1.10 bits per heavy atom. The fourth-order valence-corrected chi connectivity index (χ4v) is 4.36. The number of hydrogen-bond donors (Lipinski definition) is 0. The quantitative estimate of drug-likeness (QED) is 0.176. The first-order chi connectivity index (χ1) is 19.6. The number of carbonyl (C=O) groups excluding carboxylic acids is 2. The van der Waals surface area contributed by atoms with E-state index in [4.69, 9.17) is 28.4 Å². The number of fused-ring (bicyclic) bond motifs is 1. The van der Waals surface area contributed by atoms with E-state index < -0.39 is 36.4 Å². The lowest BCUT2D eigenvalue weighted by molar-refractivity contribution is -0.149. The molecule has 0 spiro atoms. The third-order valence-corrected chi connectivity index (χ3v) is 6.61. The van der Waals surface area contributed by atoms with Gasteiger partial charge in [0.25, 0.3) is 0 Å². The van der Waals surface area contributed by atoms with Gasteiger partial charge in [0.1, 0.15) is 23.7 Å². The van der Waals surface area contributed by atoms with E-state index in [1.54, 1.807) is 12.2 Å². The molecule has 40 heavy (non-hydrogen) atoms. The standard InChI is InChI=1S/C32H38O8/c1-3-5-19-35-25-13-7-23(8-14-25)11-17-29(33)39-27-21-37-32-28(22-38-31(27)32)40-30(34)18-12-24-9-15-26(16-10-24)36-20-6-4-2/h7-18,27-28,31-32H,3-6,19-22H2,1-2H3/b17-11+,18-12+/t27-,28-,31-,32-/m1/s1. The van der Waals surface area contributed by atoms with Crippen LogP contribution in [0.2, 0.25) is 0 Å². The number of esters is 2. The van der Waals surface area contributed by atoms with Gasteiger partial charge in [0.15, 0.2) is 12.2 Å². The summed E-state index contributed by atoms with van der Waals surface area (Å²) in [7, 11) is 0. The molecular weight excluding hydrogens is 512 g/mol. The minimum Gasteiger partial charge on any atom is -0.494 e. The van der Waals surface area contributed by atoms with Gasteiger partial charge >= 0.3 is 11.9 Å². The van der Waals surface area contributed by atoms with Crippen molar-refractivity contribution in [3.63, 3.8) is 0 Å². The monoisotopic (exact) mass is 550 g/mol. The minimum atomic E-state index is -0.575. The molecule has 0 amide bonds. The van der Waals surface area contributed by atoms with Gasteiger partial charge in [0.2, 0.25) is 0 Å². The number of benzene rings is 2. The van der Waals surface area contributed by atoms with E-state index in [2.05, 4.69) is 13.8 Å². The summed E-state index contributed by atoms with van der Waals surface area (Å²) in [5.74, 6) is 0.610. The highest BCUT2D eigenvalue weighted by molar-refractivity contribution is 5.87. The average Bonchev–Trinajstić information content (AvgIpc) is 3.55. The average molecular weight is 551 g/mol. The molecule has 2 aliphatic heterocycles. The summed E-state index contributed by atoms with van der Waals surface area (Å²) < 4.78 is 34.0. The highest BCUT2D eigenvalue weighted by Crippen LogP contribution is 2.31. The number of carbonyl (C=O) groups is 2. The van der Waals surface area contributed by atoms with Crippen molar-refractivity contribution < 1.29 is 38.0 Å². The maximum Gasteiger partial charge on any atom is 0.331 e. The van der Waals surface area contributed by atoms with Crippen LogP contribution in [-0.4, -0.2) is 62.8 Å². The molecule has 4 atom stereocenters. The van der Waals surface area contributed by atoms with E-state index >= 15 is 0 Å². The predicted molar refractivity (Wildman–Crippen MR) is 151 cm³/mol. The van der Waals surface area contributed by atoms with Crippen molar-refractivity contribution in [1.82, 2.24) is 0 Å². The van der Waals surface area contributed by atoms with Crippen LogP contribution in [0.4, 0.5) is 0 Å². The summed E-state index contributed by atoms with van der Waals surface area (Å²) in [6.45, 7) is 5.96. The van der Waals surface area contributed by atoms with Gasteiger partial charge in [-0.2, -0.15) is 0 Å².